The van der Waals surface area contributed by atoms with Crippen molar-refractivity contribution in [2.45, 2.75) is 69.5 Å². The van der Waals surface area contributed by atoms with Crippen LogP contribution in [0.3, 0.4) is 0 Å². The Hall–Kier alpha value is -0.0831. The molecule has 1 atom stereocenters. The zero-order valence-corrected chi connectivity index (χ0v) is 15.9. The summed E-state index contributed by atoms with van der Waals surface area (Å²) in [6.45, 7) is 15.2. The van der Waals surface area contributed by atoms with Crippen molar-refractivity contribution in [1.29, 1.82) is 0 Å². The van der Waals surface area contributed by atoms with E-state index in [1.165, 1.54) is 11.3 Å². The number of aromatic nitrogens is 1. The highest BCUT2D eigenvalue weighted by atomic mass is 32.2. The minimum atomic E-state index is -1.99. The third-order valence-corrected chi connectivity index (χ3v) is 10.6. The predicted octanol–water partition coefficient (Wildman–Crippen LogP) is 4.37. The van der Waals surface area contributed by atoms with Gasteiger partial charge in [-0.1, -0.05) is 34.6 Å². The van der Waals surface area contributed by atoms with Crippen molar-refractivity contribution in [2.24, 2.45) is 0 Å². The van der Waals surface area contributed by atoms with Gasteiger partial charge in [0.1, 0.15) is 4.21 Å². The minimum Gasteiger partial charge on any atom is -0.411 e. The lowest BCUT2D eigenvalue weighted by Crippen LogP contribution is -2.40. The Labute approximate surface area is 129 Å². The summed E-state index contributed by atoms with van der Waals surface area (Å²) in [6.07, 6.45) is 0. The Morgan fingerprint density at radius 1 is 1.40 bits per heavy atom. The number of rotatable bonds is 5. The zero-order chi connectivity index (χ0) is 15.7. The van der Waals surface area contributed by atoms with Crippen LogP contribution in [-0.2, 0) is 22.1 Å². The van der Waals surface area contributed by atoms with Gasteiger partial charge in [-0.25, -0.2) is 9.19 Å². The van der Waals surface area contributed by atoms with Gasteiger partial charge in [-0.2, -0.15) is 0 Å². The summed E-state index contributed by atoms with van der Waals surface area (Å²) in [6, 6.07) is 0. The van der Waals surface area contributed by atoms with Crippen molar-refractivity contribution in [1.82, 2.24) is 4.98 Å². The highest BCUT2D eigenvalue weighted by Crippen LogP contribution is 2.37. The van der Waals surface area contributed by atoms with Crippen LogP contribution in [0.1, 0.15) is 51.2 Å². The fourth-order valence-corrected chi connectivity index (χ4v) is 3.88. The van der Waals surface area contributed by atoms with E-state index in [0.717, 1.165) is 5.01 Å². The lowest BCUT2D eigenvalue weighted by Gasteiger charge is -2.35. The van der Waals surface area contributed by atoms with Crippen molar-refractivity contribution in [3.63, 3.8) is 0 Å². The first kappa shape index (κ1) is 18.0. The van der Waals surface area contributed by atoms with Crippen molar-refractivity contribution in [2.75, 3.05) is 0 Å². The number of nitrogens with zero attached hydrogens (tertiary/aromatic N) is 1. The maximum absolute atomic E-state index is 11.4. The van der Waals surface area contributed by atoms with Gasteiger partial charge in [0.2, 0.25) is 0 Å². The molecule has 0 spiro atoms. The van der Waals surface area contributed by atoms with Crippen molar-refractivity contribution >= 4 is 30.7 Å². The van der Waals surface area contributed by atoms with Gasteiger partial charge in [0.25, 0.3) is 0 Å². The third-order valence-electron chi connectivity index (χ3n) is 3.71. The summed E-state index contributed by atoms with van der Waals surface area (Å²) < 4.78 is 27.3. The van der Waals surface area contributed by atoms with E-state index in [0.29, 0.717) is 16.5 Å². The van der Waals surface area contributed by atoms with Gasteiger partial charge in [0.15, 0.2) is 19.4 Å². The molecule has 7 heteroatoms. The first-order chi connectivity index (χ1) is 8.95. The molecule has 1 heterocycles. The SMILES string of the molecule is CC(C)c1nc(CO[Si](C)(C)C(C)(C)C)c(S(=O)O)s1. The molecule has 1 unspecified atom stereocenters. The molecule has 1 rings (SSSR count). The minimum absolute atomic E-state index is 0.114. The maximum Gasteiger partial charge on any atom is 0.198 e. The summed E-state index contributed by atoms with van der Waals surface area (Å²) in [7, 11) is -1.88. The molecular weight excluding hydrogens is 310 g/mol. The van der Waals surface area contributed by atoms with Gasteiger partial charge < -0.3 is 8.98 Å². The van der Waals surface area contributed by atoms with Crippen LogP contribution in [0.5, 0.6) is 0 Å². The normalized spacial score (nSPS) is 14.8. The molecule has 0 radical (unpaired) electrons. The molecular formula is C13H25NO3S2Si. The summed E-state index contributed by atoms with van der Waals surface area (Å²) in [5.74, 6) is 0.254. The molecule has 0 amide bonds. The Balaban J connectivity index is 2.95. The smallest absolute Gasteiger partial charge is 0.198 e. The van der Waals surface area contributed by atoms with Crippen molar-refractivity contribution in [3.8, 4) is 0 Å². The van der Waals surface area contributed by atoms with Crippen LogP contribution in [0.4, 0.5) is 0 Å². The van der Waals surface area contributed by atoms with E-state index in [4.69, 9.17) is 4.43 Å². The molecule has 1 aromatic rings. The van der Waals surface area contributed by atoms with Gasteiger partial charge in [-0.3, -0.25) is 0 Å². The second-order valence-electron chi connectivity index (χ2n) is 6.74. The molecule has 4 nitrogen and oxygen atoms in total. The molecule has 1 aromatic heterocycles. The van der Waals surface area contributed by atoms with Crippen LogP contribution >= 0.6 is 11.3 Å². The average molecular weight is 336 g/mol. The van der Waals surface area contributed by atoms with E-state index in [2.05, 4.69) is 38.8 Å². The molecule has 0 aliphatic carbocycles. The summed E-state index contributed by atoms with van der Waals surface area (Å²) >= 11 is -0.686. The van der Waals surface area contributed by atoms with E-state index in [-0.39, 0.29) is 11.0 Å². The molecule has 0 saturated carbocycles. The standard InChI is InChI=1S/C13H25NO3S2Si/c1-9(2)11-14-10(12(18-11)19(15)16)8-17-20(6,7)13(3,4)5/h9H,8H2,1-7H3,(H,15,16). The molecule has 0 aliphatic rings. The lowest BCUT2D eigenvalue weighted by molar-refractivity contribution is 0.270. The quantitative estimate of drug-likeness (QED) is 0.641. The molecule has 0 aromatic carbocycles. The van der Waals surface area contributed by atoms with Gasteiger partial charge in [0.05, 0.1) is 17.3 Å². The molecule has 116 valence electrons. The third kappa shape index (κ3) is 4.21. The maximum atomic E-state index is 11.4. The summed E-state index contributed by atoms with van der Waals surface area (Å²) in [5.41, 5.74) is 0.615. The topological polar surface area (TPSA) is 59.4 Å². The Morgan fingerprint density at radius 2 is 1.95 bits per heavy atom. The number of thiazole rings is 1. The number of hydrogen-bond donors (Lipinski definition) is 1. The second-order valence-corrected chi connectivity index (χ2v) is 13.7. The molecule has 20 heavy (non-hydrogen) atoms. The largest absolute Gasteiger partial charge is 0.411 e. The van der Waals surface area contributed by atoms with Crippen LogP contribution < -0.4 is 0 Å². The van der Waals surface area contributed by atoms with E-state index in [1.807, 2.05) is 13.8 Å². The van der Waals surface area contributed by atoms with Gasteiger partial charge >= 0.3 is 0 Å². The summed E-state index contributed by atoms with van der Waals surface area (Å²) in [4.78, 5) is 4.48. The van der Waals surface area contributed by atoms with Crippen LogP contribution in [0.15, 0.2) is 4.21 Å². The second kappa shape index (κ2) is 6.35. The highest BCUT2D eigenvalue weighted by molar-refractivity contribution is 7.81. The van der Waals surface area contributed by atoms with Gasteiger partial charge in [-0.15, -0.1) is 11.3 Å². The van der Waals surface area contributed by atoms with Gasteiger partial charge in [0, 0.05) is 5.92 Å². The van der Waals surface area contributed by atoms with E-state index in [9.17, 15) is 8.76 Å². The Bertz CT molecular complexity index is 492. The number of hydrogen-bond acceptors (Lipinski definition) is 4. The fraction of sp³-hybridized carbons (Fsp3) is 0.769. The van der Waals surface area contributed by atoms with Crippen molar-refractivity contribution in [3.05, 3.63) is 10.7 Å². The van der Waals surface area contributed by atoms with Crippen molar-refractivity contribution < 1.29 is 13.2 Å². The van der Waals surface area contributed by atoms with Crippen LogP contribution in [0.2, 0.25) is 18.1 Å². The monoisotopic (exact) mass is 335 g/mol. The highest BCUT2D eigenvalue weighted by Gasteiger charge is 2.37. The molecule has 0 bridgehead atoms. The van der Waals surface area contributed by atoms with Crippen LogP contribution in [-0.4, -0.2) is 22.1 Å². The first-order valence-corrected chi connectivity index (χ1v) is 11.5. The first-order valence-electron chi connectivity index (χ1n) is 6.70. The zero-order valence-electron chi connectivity index (χ0n) is 13.3. The van der Waals surface area contributed by atoms with E-state index in [1.54, 1.807) is 0 Å². The average Bonchev–Trinajstić information content (AvgIpc) is 2.69. The Kier molecular flexibility index (Phi) is 5.71. The Morgan fingerprint density at radius 3 is 2.35 bits per heavy atom. The molecule has 0 saturated heterocycles. The van der Waals surface area contributed by atoms with Gasteiger partial charge in [-0.05, 0) is 18.1 Å². The van der Waals surface area contributed by atoms with E-state index < -0.39 is 19.4 Å². The van der Waals surface area contributed by atoms with Crippen LogP contribution in [0, 0.1) is 0 Å². The van der Waals surface area contributed by atoms with E-state index >= 15 is 0 Å². The molecule has 1 N–H and O–H groups in total. The molecule has 0 aliphatic heterocycles. The van der Waals surface area contributed by atoms with Crippen LogP contribution in [0.25, 0.3) is 0 Å². The molecule has 0 fully saturated rings. The predicted molar refractivity (Wildman–Crippen MR) is 87.2 cm³/mol. The fourth-order valence-electron chi connectivity index (χ4n) is 1.30. The summed E-state index contributed by atoms with van der Waals surface area (Å²) in [5, 5.41) is 0.999. The lowest BCUT2D eigenvalue weighted by atomic mass is 10.2.